The number of hydrogen-bond donors (Lipinski definition) is 1. The lowest BCUT2D eigenvalue weighted by Crippen LogP contribution is -2.46. The van der Waals surface area contributed by atoms with E-state index in [1.165, 1.54) is 11.1 Å². The third-order valence-electron chi connectivity index (χ3n) is 6.39. The number of nitrogens with one attached hydrogen (secondary N) is 1. The number of aromatic nitrogens is 1. The van der Waals surface area contributed by atoms with Gasteiger partial charge in [0.05, 0.1) is 12.5 Å². The molecule has 1 saturated heterocycles. The maximum atomic E-state index is 13.6. The topological polar surface area (TPSA) is 54.5 Å². The van der Waals surface area contributed by atoms with Crippen molar-refractivity contribution in [2.45, 2.75) is 39.3 Å². The normalized spacial score (nSPS) is 18.4. The molecule has 0 aliphatic carbocycles. The van der Waals surface area contributed by atoms with Crippen LogP contribution in [0.15, 0.2) is 73.1 Å². The zero-order valence-corrected chi connectivity index (χ0v) is 19.8. The predicted molar refractivity (Wildman–Crippen MR) is 132 cm³/mol. The summed E-state index contributed by atoms with van der Waals surface area (Å²) in [5.41, 5.74) is 4.15. The van der Waals surface area contributed by atoms with Crippen molar-refractivity contribution < 1.29 is 9.53 Å². The van der Waals surface area contributed by atoms with Crippen molar-refractivity contribution in [3.05, 3.63) is 84.2 Å². The van der Waals surface area contributed by atoms with Crippen molar-refractivity contribution in [3.63, 3.8) is 0 Å². The summed E-state index contributed by atoms with van der Waals surface area (Å²) in [6.07, 6.45) is 5.21. The fourth-order valence-electron chi connectivity index (χ4n) is 4.79. The molecule has 33 heavy (non-hydrogen) atoms. The molecule has 1 amide bonds. The molecule has 1 atom stereocenters. The maximum Gasteiger partial charge on any atom is 0.228 e. The van der Waals surface area contributed by atoms with Crippen molar-refractivity contribution in [1.82, 2.24) is 15.2 Å². The molecule has 2 heterocycles. The highest BCUT2D eigenvalue weighted by atomic mass is 16.5. The Kier molecular flexibility index (Phi) is 7.09. The van der Waals surface area contributed by atoms with Gasteiger partial charge < -0.3 is 10.1 Å². The standard InChI is InChI=1S/C28H33N3O2/c1-21(2)30-27(32)28(13-15-31(20-28)19-22-8-6-11-25(16-22)33-3)17-23-9-4-5-12-26(23)24-10-7-14-29-18-24/h4-12,14,16,18,21H,13,15,17,19-20H2,1-3H3,(H,30,32)/t28-/m1/s1. The number of amides is 1. The number of ether oxygens (including phenoxy) is 1. The molecule has 0 saturated carbocycles. The van der Waals surface area contributed by atoms with Gasteiger partial charge in [0.1, 0.15) is 5.75 Å². The van der Waals surface area contributed by atoms with Crippen LogP contribution in [0.1, 0.15) is 31.4 Å². The molecule has 1 aliphatic heterocycles. The maximum absolute atomic E-state index is 13.6. The van der Waals surface area contributed by atoms with Gasteiger partial charge >= 0.3 is 0 Å². The largest absolute Gasteiger partial charge is 0.497 e. The van der Waals surface area contributed by atoms with Crippen LogP contribution in [-0.2, 0) is 17.8 Å². The Hall–Kier alpha value is -3.18. The first-order valence-electron chi connectivity index (χ1n) is 11.6. The first-order chi connectivity index (χ1) is 16.0. The van der Waals surface area contributed by atoms with Gasteiger partial charge in [-0.3, -0.25) is 14.7 Å². The molecule has 1 fully saturated rings. The minimum absolute atomic E-state index is 0.107. The number of nitrogens with zero attached hydrogens (tertiary/aromatic N) is 2. The second kappa shape index (κ2) is 10.2. The first-order valence-corrected chi connectivity index (χ1v) is 11.6. The fourth-order valence-corrected chi connectivity index (χ4v) is 4.79. The summed E-state index contributed by atoms with van der Waals surface area (Å²) >= 11 is 0. The van der Waals surface area contributed by atoms with E-state index in [-0.39, 0.29) is 11.9 Å². The van der Waals surface area contributed by atoms with Crippen LogP contribution in [0.4, 0.5) is 0 Å². The summed E-state index contributed by atoms with van der Waals surface area (Å²) in [5.74, 6) is 1.01. The molecule has 5 heteroatoms. The Morgan fingerprint density at radius 3 is 2.76 bits per heavy atom. The quantitative estimate of drug-likeness (QED) is 0.548. The molecule has 1 N–H and O–H groups in total. The van der Waals surface area contributed by atoms with E-state index in [2.05, 4.69) is 57.7 Å². The molecule has 0 spiro atoms. The Morgan fingerprint density at radius 1 is 1.15 bits per heavy atom. The Balaban J connectivity index is 1.61. The molecule has 3 aromatic rings. The summed E-state index contributed by atoms with van der Waals surface area (Å²) in [7, 11) is 1.69. The Morgan fingerprint density at radius 2 is 2.00 bits per heavy atom. The monoisotopic (exact) mass is 443 g/mol. The number of rotatable bonds is 8. The van der Waals surface area contributed by atoms with Crippen molar-refractivity contribution >= 4 is 5.91 Å². The van der Waals surface area contributed by atoms with E-state index in [1.807, 2.05) is 38.2 Å². The van der Waals surface area contributed by atoms with Crippen LogP contribution in [0.3, 0.4) is 0 Å². The van der Waals surface area contributed by atoms with Crippen LogP contribution < -0.4 is 10.1 Å². The molecule has 4 rings (SSSR count). The second-order valence-electron chi connectivity index (χ2n) is 9.30. The minimum atomic E-state index is -0.471. The van der Waals surface area contributed by atoms with Gasteiger partial charge in [0.25, 0.3) is 0 Å². The molecule has 172 valence electrons. The summed E-state index contributed by atoms with van der Waals surface area (Å²) in [6.45, 7) is 6.47. The van der Waals surface area contributed by atoms with Gasteiger partial charge in [-0.05, 0) is 68.1 Å². The molecule has 1 aliphatic rings. The van der Waals surface area contributed by atoms with Gasteiger partial charge in [-0.15, -0.1) is 0 Å². The summed E-state index contributed by atoms with van der Waals surface area (Å²) < 4.78 is 5.39. The predicted octanol–water partition coefficient (Wildman–Crippen LogP) is 4.72. The van der Waals surface area contributed by atoms with E-state index >= 15 is 0 Å². The van der Waals surface area contributed by atoms with Gasteiger partial charge in [0.2, 0.25) is 5.91 Å². The average Bonchev–Trinajstić information content (AvgIpc) is 3.23. The van der Waals surface area contributed by atoms with Crippen LogP contribution in [-0.4, -0.2) is 42.0 Å². The number of carbonyl (C=O) groups is 1. The summed E-state index contributed by atoms with van der Waals surface area (Å²) in [5, 5.41) is 3.21. The molecule has 1 aromatic heterocycles. The Labute approximate surface area is 196 Å². The third kappa shape index (κ3) is 5.42. The third-order valence-corrected chi connectivity index (χ3v) is 6.39. The van der Waals surface area contributed by atoms with Gasteiger partial charge in [-0.2, -0.15) is 0 Å². The molecule has 0 bridgehead atoms. The molecular formula is C28H33N3O2. The number of likely N-dealkylation sites (tertiary alicyclic amines) is 1. The number of pyridine rings is 1. The van der Waals surface area contributed by atoms with E-state index in [4.69, 9.17) is 4.74 Å². The van der Waals surface area contributed by atoms with E-state index < -0.39 is 5.41 Å². The van der Waals surface area contributed by atoms with Crippen molar-refractivity contribution in [3.8, 4) is 16.9 Å². The smallest absolute Gasteiger partial charge is 0.228 e. The van der Waals surface area contributed by atoms with Crippen molar-refractivity contribution in [2.75, 3.05) is 20.2 Å². The van der Waals surface area contributed by atoms with E-state index in [1.54, 1.807) is 13.3 Å². The molecule has 5 nitrogen and oxygen atoms in total. The second-order valence-corrected chi connectivity index (χ2v) is 9.30. The minimum Gasteiger partial charge on any atom is -0.497 e. The van der Waals surface area contributed by atoms with Crippen LogP contribution in [0.5, 0.6) is 5.75 Å². The SMILES string of the molecule is COc1cccc(CN2CC[C@](Cc3ccccc3-c3cccnc3)(C(=O)NC(C)C)C2)c1. The van der Waals surface area contributed by atoms with Crippen LogP contribution >= 0.6 is 0 Å². The Bertz CT molecular complexity index is 1080. The highest BCUT2D eigenvalue weighted by Crippen LogP contribution is 2.38. The first kappa shape index (κ1) is 23.0. The molecule has 0 radical (unpaired) electrons. The van der Waals surface area contributed by atoms with Crippen LogP contribution in [0, 0.1) is 5.41 Å². The van der Waals surface area contributed by atoms with Gasteiger partial charge in [0, 0.05) is 37.1 Å². The molecule has 0 unspecified atom stereocenters. The molecular weight excluding hydrogens is 410 g/mol. The van der Waals surface area contributed by atoms with Crippen molar-refractivity contribution in [2.24, 2.45) is 5.41 Å². The van der Waals surface area contributed by atoms with E-state index in [0.29, 0.717) is 6.42 Å². The van der Waals surface area contributed by atoms with Gasteiger partial charge in [-0.1, -0.05) is 42.5 Å². The highest BCUT2D eigenvalue weighted by molar-refractivity contribution is 5.84. The summed E-state index contributed by atoms with van der Waals surface area (Å²) in [4.78, 5) is 20.2. The van der Waals surface area contributed by atoms with Crippen molar-refractivity contribution in [1.29, 1.82) is 0 Å². The fraction of sp³-hybridized carbons (Fsp3) is 0.357. The zero-order chi connectivity index (χ0) is 23.3. The lowest BCUT2D eigenvalue weighted by Gasteiger charge is -2.30. The van der Waals surface area contributed by atoms with Gasteiger partial charge in [0.15, 0.2) is 0 Å². The lowest BCUT2D eigenvalue weighted by atomic mass is 9.78. The van der Waals surface area contributed by atoms with E-state index in [9.17, 15) is 4.79 Å². The summed E-state index contributed by atoms with van der Waals surface area (Å²) in [6, 6.07) is 20.7. The van der Waals surface area contributed by atoms with Gasteiger partial charge in [-0.25, -0.2) is 0 Å². The number of hydrogen-bond acceptors (Lipinski definition) is 4. The highest BCUT2D eigenvalue weighted by Gasteiger charge is 2.45. The van der Waals surface area contributed by atoms with E-state index in [0.717, 1.165) is 42.9 Å². The number of methoxy groups -OCH3 is 1. The lowest BCUT2D eigenvalue weighted by molar-refractivity contribution is -0.131. The average molecular weight is 444 g/mol. The zero-order valence-electron chi connectivity index (χ0n) is 19.8. The van der Waals surface area contributed by atoms with Crippen LogP contribution in [0.25, 0.3) is 11.1 Å². The molecule has 2 aromatic carbocycles. The number of carbonyl (C=O) groups excluding carboxylic acids is 1. The van der Waals surface area contributed by atoms with Crippen LogP contribution in [0.2, 0.25) is 0 Å². The number of benzene rings is 2.